The first-order valence-electron chi connectivity index (χ1n) is 3.80. The summed E-state index contributed by atoms with van der Waals surface area (Å²) >= 11 is 0. The molecule has 0 radical (unpaired) electrons. The normalized spacial score (nSPS) is 22.1. The van der Waals surface area contributed by atoms with Gasteiger partial charge in [-0.1, -0.05) is 0 Å². The molecule has 0 aromatic rings. The average molecular weight is 207 g/mol. The van der Waals surface area contributed by atoms with E-state index in [4.69, 9.17) is 5.11 Å². The second kappa shape index (κ2) is 3.36. The fourth-order valence-electron chi connectivity index (χ4n) is 1.05. The van der Waals surface area contributed by atoms with Crippen LogP contribution in [0, 0.1) is 0 Å². The number of halogens is 3. The van der Waals surface area contributed by atoms with Crippen molar-refractivity contribution in [3.05, 3.63) is 23.4 Å². The van der Waals surface area contributed by atoms with E-state index in [1.807, 2.05) is 0 Å². The number of dihydropyridines is 1. The van der Waals surface area contributed by atoms with Crippen molar-refractivity contribution < 1.29 is 23.1 Å². The average Bonchev–Trinajstić information content (AvgIpc) is 2.02. The lowest BCUT2D eigenvalue weighted by molar-refractivity contribution is -0.133. The van der Waals surface area contributed by atoms with Crippen molar-refractivity contribution in [1.82, 2.24) is 5.32 Å². The standard InChI is InChI=1S/C8H8F3NO2/c1-4-6(7(13)14)2-5(3-12-4)8(9,10)11/h2-4,12H,1H3,(H,13,14). The van der Waals surface area contributed by atoms with Gasteiger partial charge in [0, 0.05) is 6.20 Å². The first-order valence-corrected chi connectivity index (χ1v) is 3.80. The van der Waals surface area contributed by atoms with Crippen LogP contribution in [0.3, 0.4) is 0 Å². The molecule has 0 fully saturated rings. The molecule has 78 valence electrons. The van der Waals surface area contributed by atoms with E-state index in [2.05, 4.69) is 5.32 Å². The number of aliphatic carboxylic acids is 1. The zero-order valence-electron chi connectivity index (χ0n) is 7.22. The molecule has 1 aliphatic heterocycles. The van der Waals surface area contributed by atoms with Crippen LogP contribution in [-0.2, 0) is 4.79 Å². The molecule has 1 unspecified atom stereocenters. The molecule has 0 aliphatic carbocycles. The van der Waals surface area contributed by atoms with Crippen LogP contribution in [0.15, 0.2) is 23.4 Å². The summed E-state index contributed by atoms with van der Waals surface area (Å²) in [4.78, 5) is 10.5. The van der Waals surface area contributed by atoms with E-state index in [-0.39, 0.29) is 5.57 Å². The zero-order valence-corrected chi connectivity index (χ0v) is 7.22. The smallest absolute Gasteiger partial charge is 0.417 e. The second-order valence-electron chi connectivity index (χ2n) is 2.89. The maximum Gasteiger partial charge on any atom is 0.417 e. The SMILES string of the molecule is CC1NC=C(C(F)(F)F)C=C1C(=O)O. The highest BCUT2D eigenvalue weighted by molar-refractivity contribution is 5.89. The van der Waals surface area contributed by atoms with Gasteiger partial charge in [-0.2, -0.15) is 13.2 Å². The molecule has 0 amide bonds. The van der Waals surface area contributed by atoms with E-state index in [1.54, 1.807) is 0 Å². The van der Waals surface area contributed by atoms with Crippen LogP contribution in [0.2, 0.25) is 0 Å². The maximum absolute atomic E-state index is 12.2. The highest BCUT2D eigenvalue weighted by Crippen LogP contribution is 2.29. The third-order valence-electron chi connectivity index (χ3n) is 1.84. The number of hydrogen-bond acceptors (Lipinski definition) is 2. The fourth-order valence-corrected chi connectivity index (χ4v) is 1.05. The van der Waals surface area contributed by atoms with Gasteiger partial charge in [0.2, 0.25) is 0 Å². The van der Waals surface area contributed by atoms with Crippen LogP contribution >= 0.6 is 0 Å². The van der Waals surface area contributed by atoms with Gasteiger partial charge >= 0.3 is 12.1 Å². The largest absolute Gasteiger partial charge is 0.478 e. The maximum atomic E-state index is 12.2. The predicted octanol–water partition coefficient (Wildman–Crippen LogP) is 1.44. The molecule has 1 atom stereocenters. The molecule has 0 saturated carbocycles. The van der Waals surface area contributed by atoms with Gasteiger partial charge in [-0.15, -0.1) is 0 Å². The summed E-state index contributed by atoms with van der Waals surface area (Å²) in [5, 5.41) is 10.9. The third-order valence-corrected chi connectivity index (χ3v) is 1.84. The van der Waals surface area contributed by atoms with E-state index in [9.17, 15) is 18.0 Å². The molecule has 1 rings (SSSR count). The van der Waals surface area contributed by atoms with Gasteiger partial charge < -0.3 is 10.4 Å². The second-order valence-corrected chi connectivity index (χ2v) is 2.89. The number of hydrogen-bond donors (Lipinski definition) is 2. The first-order chi connectivity index (χ1) is 6.32. The topological polar surface area (TPSA) is 49.3 Å². The molecule has 1 aliphatic rings. The molecule has 0 spiro atoms. The lowest BCUT2D eigenvalue weighted by atomic mass is 10.0. The summed E-state index contributed by atoms with van der Waals surface area (Å²) < 4.78 is 36.5. The molecule has 1 heterocycles. The van der Waals surface area contributed by atoms with Crippen molar-refractivity contribution in [1.29, 1.82) is 0 Å². The van der Waals surface area contributed by atoms with Gasteiger partial charge in [0.15, 0.2) is 0 Å². The summed E-state index contributed by atoms with van der Waals surface area (Å²) in [5.74, 6) is -1.35. The molecule has 0 aromatic carbocycles. The Labute approximate surface area is 77.9 Å². The van der Waals surface area contributed by atoms with Gasteiger partial charge in [-0.25, -0.2) is 4.79 Å². The van der Waals surface area contributed by atoms with Crippen molar-refractivity contribution in [3.8, 4) is 0 Å². The number of carboxylic acid groups (broad SMARTS) is 1. The molecule has 0 bridgehead atoms. The van der Waals surface area contributed by atoms with E-state index < -0.39 is 23.8 Å². The van der Waals surface area contributed by atoms with Crippen LogP contribution in [0.4, 0.5) is 13.2 Å². The van der Waals surface area contributed by atoms with Crippen molar-refractivity contribution in [2.24, 2.45) is 0 Å². The third kappa shape index (κ3) is 2.07. The zero-order chi connectivity index (χ0) is 10.9. The van der Waals surface area contributed by atoms with Crippen LogP contribution < -0.4 is 5.32 Å². The molecule has 3 nitrogen and oxygen atoms in total. The van der Waals surface area contributed by atoms with Gasteiger partial charge in [0.1, 0.15) is 0 Å². The van der Waals surface area contributed by atoms with Crippen LogP contribution in [-0.4, -0.2) is 23.3 Å². The number of carbonyl (C=O) groups is 1. The summed E-state index contributed by atoms with van der Waals surface area (Å²) in [5.41, 5.74) is -1.27. The Balaban J connectivity index is 3.01. The van der Waals surface area contributed by atoms with Gasteiger partial charge in [-0.05, 0) is 13.0 Å². The highest BCUT2D eigenvalue weighted by atomic mass is 19.4. The van der Waals surface area contributed by atoms with E-state index in [0.29, 0.717) is 6.08 Å². The van der Waals surface area contributed by atoms with Gasteiger partial charge in [-0.3, -0.25) is 0 Å². The van der Waals surface area contributed by atoms with Gasteiger partial charge in [0.05, 0.1) is 17.2 Å². The number of alkyl halides is 3. The lowest BCUT2D eigenvalue weighted by Gasteiger charge is -2.20. The summed E-state index contributed by atoms with van der Waals surface area (Å²) in [6.07, 6.45) is -3.10. The Kier molecular flexibility index (Phi) is 2.55. The van der Waals surface area contributed by atoms with E-state index >= 15 is 0 Å². The van der Waals surface area contributed by atoms with Gasteiger partial charge in [0.25, 0.3) is 0 Å². The van der Waals surface area contributed by atoms with Crippen molar-refractivity contribution in [2.75, 3.05) is 0 Å². The summed E-state index contributed by atoms with van der Waals surface area (Å²) in [6, 6.07) is -0.612. The number of allylic oxidation sites excluding steroid dienone is 2. The quantitative estimate of drug-likeness (QED) is 0.683. The molecular weight excluding hydrogens is 199 g/mol. The fraction of sp³-hybridized carbons (Fsp3) is 0.375. The molecule has 0 saturated heterocycles. The molecule has 2 N–H and O–H groups in total. The predicted molar refractivity (Wildman–Crippen MR) is 42.5 cm³/mol. The van der Waals surface area contributed by atoms with E-state index in [0.717, 1.165) is 6.20 Å². The van der Waals surface area contributed by atoms with Crippen molar-refractivity contribution in [3.63, 3.8) is 0 Å². The monoisotopic (exact) mass is 207 g/mol. The minimum atomic E-state index is -4.52. The van der Waals surface area contributed by atoms with Crippen LogP contribution in [0.1, 0.15) is 6.92 Å². The van der Waals surface area contributed by atoms with Crippen LogP contribution in [0.5, 0.6) is 0 Å². The first kappa shape index (κ1) is 10.6. The number of nitrogens with one attached hydrogen (secondary N) is 1. The molecular formula is C8H8F3NO2. The highest BCUT2D eigenvalue weighted by Gasteiger charge is 2.35. The molecule has 0 aromatic heterocycles. The number of rotatable bonds is 1. The Morgan fingerprint density at radius 1 is 1.57 bits per heavy atom. The summed E-state index contributed by atoms with van der Waals surface area (Å²) in [6.45, 7) is 1.48. The summed E-state index contributed by atoms with van der Waals surface area (Å²) in [7, 11) is 0. The van der Waals surface area contributed by atoms with E-state index in [1.165, 1.54) is 6.92 Å². The Hall–Kier alpha value is -1.46. The van der Waals surface area contributed by atoms with Crippen molar-refractivity contribution in [2.45, 2.75) is 19.1 Å². The minimum Gasteiger partial charge on any atom is -0.478 e. The Morgan fingerprint density at radius 2 is 2.14 bits per heavy atom. The minimum absolute atomic E-state index is 0.292. The van der Waals surface area contributed by atoms with Crippen LogP contribution in [0.25, 0.3) is 0 Å². The number of carboxylic acids is 1. The molecule has 6 heteroatoms. The molecule has 14 heavy (non-hydrogen) atoms. The lowest BCUT2D eigenvalue weighted by Crippen LogP contribution is -2.32. The van der Waals surface area contributed by atoms with Crippen molar-refractivity contribution >= 4 is 5.97 Å². The Bertz CT molecular complexity index is 317. The Morgan fingerprint density at radius 3 is 2.57 bits per heavy atom.